The Labute approximate surface area is 231 Å². The number of Topliss-reactive ketones (excluding diaryl/α,β-unsaturated/α-hetero) is 1. The lowest BCUT2D eigenvalue weighted by Crippen LogP contribution is -2.36. The van der Waals surface area contributed by atoms with E-state index >= 15 is 0 Å². The Kier molecular flexibility index (Phi) is 9.27. The summed E-state index contributed by atoms with van der Waals surface area (Å²) in [5.74, 6) is 1.53. The summed E-state index contributed by atoms with van der Waals surface area (Å²) in [6.07, 6.45) is 18.5. The number of fused-ring (bicyclic) bond motifs is 1. The van der Waals surface area contributed by atoms with Crippen molar-refractivity contribution in [2.24, 2.45) is 34.5 Å². The third kappa shape index (κ3) is 5.69. The van der Waals surface area contributed by atoms with Crippen LogP contribution in [0.2, 0.25) is 0 Å². The molecule has 4 heteroatoms. The van der Waals surface area contributed by atoms with Crippen molar-refractivity contribution < 1.29 is 20.1 Å². The highest BCUT2D eigenvalue weighted by Gasteiger charge is 2.54. The second kappa shape index (κ2) is 11.9. The Bertz CT molecular complexity index is 969. The predicted octanol–water partition coefficient (Wildman–Crippen LogP) is 6.86. The molecular weight excluding hydrogens is 472 g/mol. The van der Waals surface area contributed by atoms with Gasteiger partial charge in [-0.3, -0.25) is 4.79 Å². The number of unbranched alkanes of at least 4 members (excludes halogenated alkanes) is 2. The fourth-order valence-electron chi connectivity index (χ4n) is 8.04. The van der Waals surface area contributed by atoms with E-state index in [-0.39, 0.29) is 17.1 Å². The molecule has 4 saturated carbocycles. The van der Waals surface area contributed by atoms with Crippen molar-refractivity contribution in [3.05, 3.63) is 47.6 Å². The van der Waals surface area contributed by atoms with Crippen molar-refractivity contribution in [3.63, 3.8) is 0 Å². The zero-order valence-corrected chi connectivity index (χ0v) is 24.3. The van der Waals surface area contributed by atoms with E-state index < -0.39 is 23.7 Å². The maximum atomic E-state index is 12.8. The van der Waals surface area contributed by atoms with Crippen LogP contribution in [0.4, 0.5) is 0 Å². The molecule has 0 spiro atoms. The van der Waals surface area contributed by atoms with E-state index in [9.17, 15) is 20.1 Å². The summed E-state index contributed by atoms with van der Waals surface area (Å²) < 4.78 is 0. The second-order valence-electron chi connectivity index (χ2n) is 13.4. The number of hydrogen-bond donors (Lipinski definition) is 3. The summed E-state index contributed by atoms with van der Waals surface area (Å²) in [4.78, 5) is 12.8. The molecule has 4 aliphatic carbocycles. The summed E-state index contributed by atoms with van der Waals surface area (Å²) in [5.41, 5.74) is 2.93. The number of aliphatic hydroxyl groups excluding tert-OH is 3. The van der Waals surface area contributed by atoms with Gasteiger partial charge in [-0.05, 0) is 92.1 Å². The molecule has 4 rings (SSSR count). The number of allylic oxidation sites excluding steroid dienone is 4. The molecule has 8 atom stereocenters. The molecule has 0 aromatic rings. The molecule has 0 radical (unpaired) electrons. The first-order chi connectivity index (χ1) is 18.0. The van der Waals surface area contributed by atoms with Gasteiger partial charge in [0.1, 0.15) is 5.78 Å². The van der Waals surface area contributed by atoms with Gasteiger partial charge in [-0.2, -0.15) is 0 Å². The summed E-state index contributed by atoms with van der Waals surface area (Å²) in [7, 11) is 0. The van der Waals surface area contributed by atoms with Crippen molar-refractivity contribution >= 4 is 5.78 Å². The first-order valence-electron chi connectivity index (χ1n) is 15.4. The number of rotatable bonds is 10. The average molecular weight is 525 g/mol. The maximum absolute atomic E-state index is 12.8. The highest BCUT2D eigenvalue weighted by atomic mass is 16.3. The predicted molar refractivity (Wildman–Crippen MR) is 154 cm³/mol. The normalized spacial score (nSPS) is 38.5. The van der Waals surface area contributed by atoms with Gasteiger partial charge in [0, 0.05) is 12.3 Å². The number of aliphatic hydroxyl groups is 3. The standard InChI is InChI=1S/C34H52O4/c1-6-7-8-11-30(36)34(19-20-34)31(37)17-12-22(2)27-15-16-28-25(10-9-18-33(27,28)5)13-14-26-21-29(35)24(4)32(38)23(26)3/h12-14,17,22,24,27-29,31-32,35,37-38H,3,6-11,15-16,18-21H2,1-2,4-5H3/b17-12+,25-13+,26-14-/t22-,24+,27-,28+,29-,31?,32-,33-/m1/s1. The zero-order valence-electron chi connectivity index (χ0n) is 24.3. The molecule has 0 aromatic carbocycles. The molecule has 4 fully saturated rings. The lowest BCUT2D eigenvalue weighted by molar-refractivity contribution is -0.127. The van der Waals surface area contributed by atoms with Crippen LogP contribution in [-0.4, -0.2) is 39.4 Å². The zero-order chi connectivity index (χ0) is 27.7. The van der Waals surface area contributed by atoms with Gasteiger partial charge < -0.3 is 15.3 Å². The Hall–Kier alpha value is -1.49. The molecule has 0 aliphatic heterocycles. The van der Waals surface area contributed by atoms with Crippen LogP contribution in [0.15, 0.2) is 47.6 Å². The molecule has 212 valence electrons. The third-order valence-corrected chi connectivity index (χ3v) is 11.0. The van der Waals surface area contributed by atoms with Gasteiger partial charge in [-0.25, -0.2) is 0 Å². The van der Waals surface area contributed by atoms with Gasteiger partial charge in [0.25, 0.3) is 0 Å². The average Bonchev–Trinajstić information content (AvgIpc) is 3.63. The number of carbonyl (C=O) groups excluding carboxylic acids is 1. The minimum absolute atomic E-state index is 0.178. The smallest absolute Gasteiger partial charge is 0.141 e. The van der Waals surface area contributed by atoms with Gasteiger partial charge in [0.05, 0.1) is 23.7 Å². The van der Waals surface area contributed by atoms with Crippen molar-refractivity contribution in [1.82, 2.24) is 0 Å². The fraction of sp³-hybridized carbons (Fsp3) is 0.735. The van der Waals surface area contributed by atoms with E-state index in [4.69, 9.17) is 0 Å². The molecule has 0 bridgehead atoms. The molecule has 4 aliphatic rings. The first kappa shape index (κ1) is 29.5. The van der Waals surface area contributed by atoms with Crippen molar-refractivity contribution in [2.45, 2.75) is 123 Å². The van der Waals surface area contributed by atoms with Crippen LogP contribution >= 0.6 is 0 Å². The largest absolute Gasteiger partial charge is 0.392 e. The minimum Gasteiger partial charge on any atom is -0.392 e. The summed E-state index contributed by atoms with van der Waals surface area (Å²) >= 11 is 0. The van der Waals surface area contributed by atoms with E-state index in [0.717, 1.165) is 49.7 Å². The lowest BCUT2D eigenvalue weighted by Gasteiger charge is -2.44. The van der Waals surface area contributed by atoms with Crippen LogP contribution in [0.5, 0.6) is 0 Å². The fourth-order valence-corrected chi connectivity index (χ4v) is 8.04. The third-order valence-electron chi connectivity index (χ3n) is 11.0. The number of carbonyl (C=O) groups is 1. The molecule has 0 heterocycles. The molecular formula is C34H52O4. The Morgan fingerprint density at radius 3 is 2.55 bits per heavy atom. The Morgan fingerprint density at radius 2 is 1.87 bits per heavy atom. The van der Waals surface area contributed by atoms with Crippen molar-refractivity contribution in [3.8, 4) is 0 Å². The number of ketones is 1. The molecule has 38 heavy (non-hydrogen) atoms. The number of hydrogen-bond acceptors (Lipinski definition) is 4. The molecule has 4 nitrogen and oxygen atoms in total. The van der Waals surface area contributed by atoms with Crippen LogP contribution in [0.1, 0.15) is 105 Å². The second-order valence-corrected chi connectivity index (χ2v) is 13.4. The maximum Gasteiger partial charge on any atom is 0.141 e. The van der Waals surface area contributed by atoms with Gasteiger partial charge in [-0.1, -0.05) is 77.0 Å². The highest BCUT2D eigenvalue weighted by Crippen LogP contribution is 2.60. The summed E-state index contributed by atoms with van der Waals surface area (Å²) in [6, 6.07) is 0. The molecule has 3 N–H and O–H groups in total. The van der Waals surface area contributed by atoms with E-state index in [1.165, 1.54) is 31.3 Å². The molecule has 0 aromatic heterocycles. The van der Waals surface area contributed by atoms with Crippen LogP contribution in [0, 0.1) is 34.5 Å². The molecule has 1 unspecified atom stereocenters. The van der Waals surface area contributed by atoms with Crippen LogP contribution in [0.25, 0.3) is 0 Å². The first-order valence-corrected chi connectivity index (χ1v) is 15.4. The van der Waals surface area contributed by atoms with Crippen LogP contribution in [0.3, 0.4) is 0 Å². The highest BCUT2D eigenvalue weighted by molar-refractivity contribution is 5.88. The van der Waals surface area contributed by atoms with Gasteiger partial charge >= 0.3 is 0 Å². The van der Waals surface area contributed by atoms with E-state index in [2.05, 4.69) is 45.6 Å². The Morgan fingerprint density at radius 1 is 1.13 bits per heavy atom. The lowest BCUT2D eigenvalue weighted by atomic mass is 9.61. The quantitative estimate of drug-likeness (QED) is 0.216. The molecule has 0 saturated heterocycles. The Balaban J connectivity index is 1.42. The van der Waals surface area contributed by atoms with E-state index in [1.807, 2.05) is 13.0 Å². The summed E-state index contributed by atoms with van der Waals surface area (Å²) in [5, 5.41) is 31.8. The van der Waals surface area contributed by atoms with Crippen molar-refractivity contribution in [2.75, 3.05) is 0 Å². The minimum atomic E-state index is -0.680. The van der Waals surface area contributed by atoms with Gasteiger partial charge in [0.15, 0.2) is 0 Å². The summed E-state index contributed by atoms with van der Waals surface area (Å²) in [6.45, 7) is 12.9. The van der Waals surface area contributed by atoms with Crippen LogP contribution < -0.4 is 0 Å². The topological polar surface area (TPSA) is 77.8 Å². The SMILES string of the molecule is C=C1/C(=C\C=C2/CCC[C@]3(C)[C@@H]([C@H](C)/C=C/C(O)C4(C(=O)CCCCC)CC4)CC[C@@H]23)C[C@@H](O)[C@H](C)[C@@H]1O. The molecule has 0 amide bonds. The van der Waals surface area contributed by atoms with Crippen molar-refractivity contribution in [1.29, 1.82) is 0 Å². The van der Waals surface area contributed by atoms with Gasteiger partial charge in [0.2, 0.25) is 0 Å². The van der Waals surface area contributed by atoms with E-state index in [0.29, 0.717) is 30.6 Å². The van der Waals surface area contributed by atoms with E-state index in [1.54, 1.807) is 0 Å². The van der Waals surface area contributed by atoms with Crippen LogP contribution in [-0.2, 0) is 4.79 Å². The van der Waals surface area contributed by atoms with Gasteiger partial charge in [-0.15, -0.1) is 0 Å². The monoisotopic (exact) mass is 524 g/mol.